The van der Waals surface area contributed by atoms with Crippen LogP contribution in [0.2, 0.25) is 0 Å². The van der Waals surface area contributed by atoms with Gasteiger partial charge in [-0.3, -0.25) is 0 Å². The first kappa shape index (κ1) is 21.0. The molecule has 0 atom stereocenters. The SMILES string of the molecule is CC1(C)c2cc(Nc3ccc(-c4cccc5ccccc45)cc3)ccc2-c2cc3ccccc3cc21. The predicted octanol–water partition coefficient (Wildman–Crippen LogP) is 9.71. The van der Waals surface area contributed by atoms with Crippen LogP contribution < -0.4 is 5.32 Å². The summed E-state index contributed by atoms with van der Waals surface area (Å²) in [5.41, 5.74) is 10.2. The Morgan fingerprint density at radius 3 is 1.92 bits per heavy atom. The molecular weight excluding hydrogens is 434 g/mol. The molecule has 7 rings (SSSR count). The van der Waals surface area contributed by atoms with Gasteiger partial charge in [0.1, 0.15) is 0 Å². The molecule has 0 heterocycles. The average molecular weight is 462 g/mol. The van der Waals surface area contributed by atoms with Crippen molar-refractivity contribution in [3.63, 3.8) is 0 Å². The van der Waals surface area contributed by atoms with Crippen molar-refractivity contribution in [2.24, 2.45) is 0 Å². The minimum absolute atomic E-state index is 0.0371. The van der Waals surface area contributed by atoms with E-state index in [2.05, 4.69) is 140 Å². The van der Waals surface area contributed by atoms with Crippen LogP contribution in [0.1, 0.15) is 25.0 Å². The summed E-state index contributed by atoms with van der Waals surface area (Å²) in [4.78, 5) is 0. The zero-order chi connectivity index (χ0) is 24.3. The highest BCUT2D eigenvalue weighted by Crippen LogP contribution is 2.50. The number of rotatable bonds is 3. The van der Waals surface area contributed by atoms with Gasteiger partial charge in [-0.1, -0.05) is 98.8 Å². The Bertz CT molecular complexity index is 1770. The van der Waals surface area contributed by atoms with Crippen molar-refractivity contribution in [3.05, 3.63) is 132 Å². The zero-order valence-corrected chi connectivity index (χ0v) is 20.5. The van der Waals surface area contributed by atoms with Crippen LogP contribution in [0.5, 0.6) is 0 Å². The molecule has 172 valence electrons. The minimum atomic E-state index is -0.0371. The van der Waals surface area contributed by atoms with Crippen LogP contribution in [0, 0.1) is 0 Å². The van der Waals surface area contributed by atoms with Gasteiger partial charge in [0.15, 0.2) is 0 Å². The average Bonchev–Trinajstić information content (AvgIpc) is 3.13. The molecule has 6 aromatic carbocycles. The Labute approximate surface area is 212 Å². The third kappa shape index (κ3) is 3.24. The molecule has 1 aliphatic rings. The van der Waals surface area contributed by atoms with Crippen LogP contribution >= 0.6 is 0 Å². The summed E-state index contributed by atoms with van der Waals surface area (Å²) in [7, 11) is 0. The lowest BCUT2D eigenvalue weighted by Gasteiger charge is -2.22. The van der Waals surface area contributed by atoms with E-state index >= 15 is 0 Å². The fourth-order valence-electron chi connectivity index (χ4n) is 5.88. The first-order valence-electron chi connectivity index (χ1n) is 12.6. The number of nitrogens with one attached hydrogen (secondary N) is 1. The standard InChI is InChI=1S/C35H27N/c1-35(2)33-21-26-10-4-3-9-25(26)20-32(33)31-19-18-28(22-34(31)35)36-27-16-14-24(15-17-27)30-13-7-11-23-8-5-6-12-29(23)30/h3-22,36H,1-2H3. The van der Waals surface area contributed by atoms with Crippen LogP contribution in [0.15, 0.2) is 121 Å². The van der Waals surface area contributed by atoms with Gasteiger partial charge in [-0.05, 0) is 91.3 Å². The van der Waals surface area contributed by atoms with Gasteiger partial charge >= 0.3 is 0 Å². The Morgan fingerprint density at radius 1 is 0.472 bits per heavy atom. The molecule has 1 N–H and O–H groups in total. The quantitative estimate of drug-likeness (QED) is 0.276. The molecule has 0 bridgehead atoms. The van der Waals surface area contributed by atoms with Gasteiger partial charge in [0.2, 0.25) is 0 Å². The Morgan fingerprint density at radius 2 is 1.11 bits per heavy atom. The van der Waals surface area contributed by atoms with Crippen LogP contribution in [-0.4, -0.2) is 0 Å². The molecule has 1 heteroatoms. The number of hydrogen-bond acceptors (Lipinski definition) is 1. The van der Waals surface area contributed by atoms with E-state index in [0.29, 0.717) is 0 Å². The normalized spacial score (nSPS) is 13.5. The lowest BCUT2D eigenvalue weighted by Crippen LogP contribution is -2.15. The van der Waals surface area contributed by atoms with Crippen LogP contribution in [0.4, 0.5) is 11.4 Å². The van der Waals surface area contributed by atoms with Gasteiger partial charge in [-0.15, -0.1) is 0 Å². The Hall–Kier alpha value is -4.36. The number of benzene rings is 6. The van der Waals surface area contributed by atoms with Crippen LogP contribution in [0.3, 0.4) is 0 Å². The first-order valence-corrected chi connectivity index (χ1v) is 12.6. The first-order chi connectivity index (χ1) is 17.6. The second-order valence-electron chi connectivity index (χ2n) is 10.4. The van der Waals surface area contributed by atoms with Crippen molar-refractivity contribution in [1.82, 2.24) is 0 Å². The molecule has 0 spiro atoms. The number of anilines is 2. The van der Waals surface area contributed by atoms with E-state index in [9.17, 15) is 0 Å². The van der Waals surface area contributed by atoms with Gasteiger partial charge in [-0.25, -0.2) is 0 Å². The fraction of sp³-hybridized carbons (Fsp3) is 0.0857. The molecule has 0 amide bonds. The zero-order valence-electron chi connectivity index (χ0n) is 20.5. The van der Waals surface area contributed by atoms with E-state index in [1.165, 1.54) is 54.9 Å². The topological polar surface area (TPSA) is 12.0 Å². The van der Waals surface area contributed by atoms with E-state index in [4.69, 9.17) is 0 Å². The van der Waals surface area contributed by atoms with Gasteiger partial charge < -0.3 is 5.32 Å². The summed E-state index contributed by atoms with van der Waals surface area (Å²) < 4.78 is 0. The lowest BCUT2D eigenvalue weighted by atomic mass is 9.82. The highest BCUT2D eigenvalue weighted by molar-refractivity contribution is 5.97. The summed E-state index contributed by atoms with van der Waals surface area (Å²) in [6, 6.07) is 44.1. The molecule has 0 saturated heterocycles. The van der Waals surface area contributed by atoms with E-state index in [1.807, 2.05) is 0 Å². The smallest absolute Gasteiger partial charge is 0.0387 e. The highest BCUT2D eigenvalue weighted by Gasteiger charge is 2.35. The summed E-state index contributed by atoms with van der Waals surface area (Å²) in [5, 5.41) is 8.81. The molecule has 0 saturated carbocycles. The van der Waals surface area contributed by atoms with Crippen molar-refractivity contribution in [1.29, 1.82) is 0 Å². The largest absolute Gasteiger partial charge is 0.356 e. The molecule has 0 aromatic heterocycles. The maximum absolute atomic E-state index is 3.65. The Kier molecular flexibility index (Phi) is 4.56. The van der Waals surface area contributed by atoms with E-state index in [1.54, 1.807) is 0 Å². The minimum Gasteiger partial charge on any atom is -0.356 e. The van der Waals surface area contributed by atoms with Gasteiger partial charge in [0.05, 0.1) is 0 Å². The molecular formula is C35H27N. The molecule has 1 nitrogen and oxygen atoms in total. The van der Waals surface area contributed by atoms with Crippen LogP contribution in [-0.2, 0) is 5.41 Å². The van der Waals surface area contributed by atoms with E-state index in [-0.39, 0.29) is 5.41 Å². The van der Waals surface area contributed by atoms with Crippen LogP contribution in [0.25, 0.3) is 43.8 Å². The lowest BCUT2D eigenvalue weighted by molar-refractivity contribution is 0.661. The third-order valence-electron chi connectivity index (χ3n) is 7.82. The summed E-state index contributed by atoms with van der Waals surface area (Å²) in [6.07, 6.45) is 0. The molecule has 0 aliphatic heterocycles. The van der Waals surface area contributed by atoms with Gasteiger partial charge in [0, 0.05) is 16.8 Å². The summed E-state index contributed by atoms with van der Waals surface area (Å²) in [5.74, 6) is 0. The maximum Gasteiger partial charge on any atom is 0.0387 e. The monoisotopic (exact) mass is 461 g/mol. The molecule has 6 aromatic rings. The maximum atomic E-state index is 3.65. The molecule has 0 unspecified atom stereocenters. The molecule has 0 fully saturated rings. The van der Waals surface area contributed by atoms with Gasteiger partial charge in [0.25, 0.3) is 0 Å². The van der Waals surface area contributed by atoms with Crippen molar-refractivity contribution < 1.29 is 0 Å². The molecule has 1 aliphatic carbocycles. The number of hydrogen-bond donors (Lipinski definition) is 1. The second-order valence-corrected chi connectivity index (χ2v) is 10.4. The van der Waals surface area contributed by atoms with Crippen molar-refractivity contribution in [2.45, 2.75) is 19.3 Å². The third-order valence-corrected chi connectivity index (χ3v) is 7.82. The highest BCUT2D eigenvalue weighted by atomic mass is 14.9. The predicted molar refractivity (Wildman–Crippen MR) is 154 cm³/mol. The van der Waals surface area contributed by atoms with E-state index < -0.39 is 0 Å². The molecule has 0 radical (unpaired) electrons. The van der Waals surface area contributed by atoms with Crippen molar-refractivity contribution in [2.75, 3.05) is 5.32 Å². The molecule has 36 heavy (non-hydrogen) atoms. The number of fused-ring (bicyclic) bond motifs is 5. The summed E-state index contributed by atoms with van der Waals surface area (Å²) in [6.45, 7) is 4.68. The van der Waals surface area contributed by atoms with Gasteiger partial charge in [-0.2, -0.15) is 0 Å². The second kappa shape index (κ2) is 7.83. The fourth-order valence-corrected chi connectivity index (χ4v) is 5.88. The Balaban J connectivity index is 1.21. The van der Waals surface area contributed by atoms with Crippen molar-refractivity contribution >= 4 is 32.9 Å². The van der Waals surface area contributed by atoms with E-state index in [0.717, 1.165) is 11.4 Å². The summed E-state index contributed by atoms with van der Waals surface area (Å²) >= 11 is 0. The van der Waals surface area contributed by atoms with Crippen molar-refractivity contribution in [3.8, 4) is 22.3 Å².